The molecule has 1 N–H and O–H groups in total. The molecule has 1 aliphatic rings. The van der Waals surface area contributed by atoms with Crippen LogP contribution in [0.4, 0.5) is 5.69 Å². The Bertz CT molecular complexity index is 827. The minimum absolute atomic E-state index is 0.0896. The number of methoxy groups -OCH3 is 1. The second-order valence-electron chi connectivity index (χ2n) is 5.96. The maximum absolute atomic E-state index is 12.5. The molecule has 1 saturated heterocycles. The van der Waals surface area contributed by atoms with Gasteiger partial charge in [-0.1, -0.05) is 29.8 Å². The standard InChI is InChI=1S/C19H19ClN2O4/c1-26-16-7-3-6-15(11-16)22-9-8-21(12-17(22)23)19(25)18(24)13-4-2-5-14(20)10-13/h2-7,10-11,18,24H,8-9,12H2,1H3/t18-/m0/s1. The lowest BCUT2D eigenvalue weighted by molar-refractivity contribution is -0.144. The third-order valence-corrected chi connectivity index (χ3v) is 4.53. The molecule has 0 bridgehead atoms. The number of nitrogens with zero attached hydrogens (tertiary/aromatic N) is 2. The summed E-state index contributed by atoms with van der Waals surface area (Å²) in [7, 11) is 1.56. The molecular formula is C19H19ClN2O4. The molecule has 2 aromatic carbocycles. The maximum Gasteiger partial charge on any atom is 0.256 e. The SMILES string of the molecule is COc1cccc(N2CCN(C(=O)[C@@H](O)c3cccc(Cl)c3)CC2=O)c1. The van der Waals surface area contributed by atoms with Gasteiger partial charge in [0, 0.05) is 29.9 Å². The molecule has 136 valence electrons. The molecule has 0 saturated carbocycles. The fourth-order valence-corrected chi connectivity index (χ4v) is 3.10. The second-order valence-corrected chi connectivity index (χ2v) is 6.40. The van der Waals surface area contributed by atoms with Crippen molar-refractivity contribution < 1.29 is 19.4 Å². The van der Waals surface area contributed by atoms with Crippen molar-refractivity contribution in [2.75, 3.05) is 31.6 Å². The molecule has 26 heavy (non-hydrogen) atoms. The highest BCUT2D eigenvalue weighted by Gasteiger charge is 2.31. The topological polar surface area (TPSA) is 70.1 Å². The van der Waals surface area contributed by atoms with Crippen molar-refractivity contribution in [3.05, 3.63) is 59.1 Å². The Labute approximate surface area is 156 Å². The lowest BCUT2D eigenvalue weighted by atomic mass is 10.1. The van der Waals surface area contributed by atoms with Crippen LogP contribution in [0.2, 0.25) is 5.02 Å². The largest absolute Gasteiger partial charge is 0.497 e. The molecular weight excluding hydrogens is 356 g/mol. The average Bonchev–Trinajstić information content (AvgIpc) is 2.66. The van der Waals surface area contributed by atoms with Crippen molar-refractivity contribution in [3.63, 3.8) is 0 Å². The summed E-state index contributed by atoms with van der Waals surface area (Å²) < 4.78 is 5.18. The minimum Gasteiger partial charge on any atom is -0.497 e. The van der Waals surface area contributed by atoms with Gasteiger partial charge in [0.25, 0.3) is 5.91 Å². The van der Waals surface area contributed by atoms with Crippen LogP contribution in [-0.4, -0.2) is 48.6 Å². The van der Waals surface area contributed by atoms with Gasteiger partial charge in [0.15, 0.2) is 6.10 Å². The smallest absolute Gasteiger partial charge is 0.256 e. The number of hydrogen-bond acceptors (Lipinski definition) is 4. The average molecular weight is 375 g/mol. The molecule has 0 radical (unpaired) electrons. The van der Waals surface area contributed by atoms with Crippen LogP contribution in [0, 0.1) is 0 Å². The van der Waals surface area contributed by atoms with Crippen molar-refractivity contribution in [3.8, 4) is 5.75 Å². The number of amides is 2. The van der Waals surface area contributed by atoms with Gasteiger partial charge >= 0.3 is 0 Å². The van der Waals surface area contributed by atoms with E-state index in [1.165, 1.54) is 4.90 Å². The Balaban J connectivity index is 1.69. The molecule has 2 aromatic rings. The van der Waals surface area contributed by atoms with Gasteiger partial charge in [-0.25, -0.2) is 0 Å². The van der Waals surface area contributed by atoms with Crippen LogP contribution in [0.5, 0.6) is 5.75 Å². The number of benzene rings is 2. The first kappa shape index (κ1) is 18.2. The van der Waals surface area contributed by atoms with Gasteiger partial charge in [-0.3, -0.25) is 9.59 Å². The number of rotatable bonds is 4. The van der Waals surface area contributed by atoms with E-state index >= 15 is 0 Å². The summed E-state index contributed by atoms with van der Waals surface area (Å²) in [6.07, 6.45) is -1.34. The molecule has 7 heteroatoms. The van der Waals surface area contributed by atoms with Gasteiger partial charge in [-0.05, 0) is 29.8 Å². The predicted octanol–water partition coefficient (Wildman–Crippen LogP) is 2.26. The third-order valence-electron chi connectivity index (χ3n) is 4.30. The molecule has 0 unspecified atom stereocenters. The van der Waals surface area contributed by atoms with E-state index < -0.39 is 12.0 Å². The normalized spacial score (nSPS) is 15.7. The van der Waals surface area contributed by atoms with E-state index in [-0.39, 0.29) is 12.5 Å². The highest BCUT2D eigenvalue weighted by molar-refractivity contribution is 6.30. The van der Waals surface area contributed by atoms with E-state index in [1.807, 2.05) is 12.1 Å². The Morgan fingerprint density at radius 1 is 1.19 bits per heavy atom. The van der Waals surface area contributed by atoms with Gasteiger partial charge in [-0.2, -0.15) is 0 Å². The summed E-state index contributed by atoms with van der Waals surface area (Å²) in [6.45, 7) is 0.590. The van der Waals surface area contributed by atoms with Gasteiger partial charge in [0.05, 0.1) is 7.11 Å². The van der Waals surface area contributed by atoms with Crippen LogP contribution in [0.3, 0.4) is 0 Å². The summed E-state index contributed by atoms with van der Waals surface area (Å²) in [4.78, 5) is 28.0. The molecule has 1 atom stereocenters. The quantitative estimate of drug-likeness (QED) is 0.891. The van der Waals surface area contributed by atoms with Crippen LogP contribution in [0.25, 0.3) is 0 Å². The third kappa shape index (κ3) is 3.81. The molecule has 0 aromatic heterocycles. The van der Waals surface area contributed by atoms with E-state index in [2.05, 4.69) is 0 Å². The number of carbonyl (C=O) groups excluding carboxylic acids is 2. The Kier molecular flexibility index (Phi) is 5.44. The summed E-state index contributed by atoms with van der Waals surface area (Å²) in [5, 5.41) is 10.8. The first-order valence-electron chi connectivity index (χ1n) is 8.16. The van der Waals surface area contributed by atoms with Crippen molar-refractivity contribution in [2.24, 2.45) is 0 Å². The number of hydrogen-bond donors (Lipinski definition) is 1. The monoisotopic (exact) mass is 374 g/mol. The number of carbonyl (C=O) groups is 2. The second kappa shape index (κ2) is 7.76. The number of anilines is 1. The zero-order chi connectivity index (χ0) is 18.7. The molecule has 1 aliphatic heterocycles. The van der Waals surface area contributed by atoms with Gasteiger partial charge in [-0.15, -0.1) is 0 Å². The zero-order valence-electron chi connectivity index (χ0n) is 14.3. The first-order chi connectivity index (χ1) is 12.5. The lowest BCUT2D eigenvalue weighted by Crippen LogP contribution is -2.53. The molecule has 1 fully saturated rings. The van der Waals surface area contributed by atoms with Gasteiger partial charge in [0.2, 0.25) is 5.91 Å². The molecule has 2 amide bonds. The fraction of sp³-hybridized carbons (Fsp3) is 0.263. The number of piperazine rings is 1. The molecule has 3 rings (SSSR count). The minimum atomic E-state index is -1.34. The van der Waals surface area contributed by atoms with Crippen LogP contribution in [0.1, 0.15) is 11.7 Å². The fourth-order valence-electron chi connectivity index (χ4n) is 2.90. The van der Waals surface area contributed by atoms with E-state index in [0.717, 1.165) is 5.69 Å². The van der Waals surface area contributed by atoms with Crippen LogP contribution < -0.4 is 9.64 Å². The van der Waals surface area contributed by atoms with Crippen molar-refractivity contribution >= 4 is 29.1 Å². The summed E-state index contributed by atoms with van der Waals surface area (Å²) >= 11 is 5.91. The first-order valence-corrected chi connectivity index (χ1v) is 8.54. The summed E-state index contributed by atoms with van der Waals surface area (Å²) in [6, 6.07) is 13.7. The van der Waals surface area contributed by atoms with E-state index in [9.17, 15) is 14.7 Å². The number of aliphatic hydroxyl groups is 1. The summed E-state index contributed by atoms with van der Waals surface area (Å²) in [5.41, 5.74) is 1.13. The van der Waals surface area contributed by atoms with Crippen LogP contribution >= 0.6 is 11.6 Å². The van der Waals surface area contributed by atoms with Crippen molar-refractivity contribution in [2.45, 2.75) is 6.10 Å². The van der Waals surface area contributed by atoms with E-state index in [4.69, 9.17) is 16.3 Å². The number of halogens is 1. The Morgan fingerprint density at radius 2 is 1.96 bits per heavy atom. The highest BCUT2D eigenvalue weighted by Crippen LogP contribution is 2.24. The predicted molar refractivity (Wildman–Crippen MR) is 98.3 cm³/mol. The number of ether oxygens (including phenoxy) is 1. The number of aliphatic hydroxyl groups excluding tert-OH is 1. The van der Waals surface area contributed by atoms with E-state index in [1.54, 1.807) is 48.4 Å². The molecule has 1 heterocycles. The van der Waals surface area contributed by atoms with Crippen molar-refractivity contribution in [1.82, 2.24) is 4.90 Å². The maximum atomic E-state index is 12.5. The van der Waals surface area contributed by atoms with Crippen molar-refractivity contribution in [1.29, 1.82) is 0 Å². The Hall–Kier alpha value is -2.57. The highest BCUT2D eigenvalue weighted by atomic mass is 35.5. The van der Waals surface area contributed by atoms with Crippen LogP contribution in [0.15, 0.2) is 48.5 Å². The van der Waals surface area contributed by atoms with Crippen LogP contribution in [-0.2, 0) is 9.59 Å². The lowest BCUT2D eigenvalue weighted by Gasteiger charge is -2.35. The molecule has 0 aliphatic carbocycles. The summed E-state index contributed by atoms with van der Waals surface area (Å²) in [5.74, 6) is -0.0627. The van der Waals surface area contributed by atoms with Gasteiger partial charge < -0.3 is 19.6 Å². The zero-order valence-corrected chi connectivity index (χ0v) is 15.0. The Morgan fingerprint density at radius 3 is 2.65 bits per heavy atom. The molecule has 6 nitrogen and oxygen atoms in total. The van der Waals surface area contributed by atoms with E-state index in [0.29, 0.717) is 29.4 Å². The van der Waals surface area contributed by atoms with Gasteiger partial charge in [0.1, 0.15) is 12.3 Å². The molecule has 0 spiro atoms.